The Bertz CT molecular complexity index is 902. The molecule has 0 saturated heterocycles. The van der Waals surface area contributed by atoms with Crippen molar-refractivity contribution in [3.8, 4) is 0 Å². The largest absolute Gasteiger partial charge is 0.481 e. The van der Waals surface area contributed by atoms with Gasteiger partial charge in [0.15, 0.2) is 9.84 Å². The van der Waals surface area contributed by atoms with Crippen molar-refractivity contribution in [1.82, 2.24) is 5.32 Å². The van der Waals surface area contributed by atoms with Crippen LogP contribution in [0.25, 0.3) is 10.8 Å². The third-order valence-corrected chi connectivity index (χ3v) is 3.93. The van der Waals surface area contributed by atoms with Gasteiger partial charge in [-0.2, -0.15) is 0 Å². The van der Waals surface area contributed by atoms with E-state index in [1.165, 1.54) is 6.08 Å². The summed E-state index contributed by atoms with van der Waals surface area (Å²) in [6.07, 6.45) is 1.75. The van der Waals surface area contributed by atoms with Crippen molar-refractivity contribution >= 4 is 32.5 Å². The van der Waals surface area contributed by atoms with Gasteiger partial charge in [0.05, 0.1) is 12.5 Å². The average Bonchev–Trinajstić information content (AvgIpc) is 2.51. The van der Waals surface area contributed by atoms with Gasteiger partial charge >= 0.3 is 5.97 Å². The van der Waals surface area contributed by atoms with Crippen LogP contribution in [0.1, 0.15) is 16.8 Å². The molecule has 1 amide bonds. The van der Waals surface area contributed by atoms with Crippen molar-refractivity contribution in [2.24, 2.45) is 0 Å². The van der Waals surface area contributed by atoms with Gasteiger partial charge in [-0.15, -0.1) is 0 Å². The molecular weight excluding hydrogens is 330 g/mol. The van der Waals surface area contributed by atoms with Gasteiger partial charge in [0.2, 0.25) is 0 Å². The van der Waals surface area contributed by atoms with E-state index < -0.39 is 34.2 Å². The number of aliphatic carboxylic acids is 1. The van der Waals surface area contributed by atoms with E-state index >= 15 is 0 Å². The smallest absolute Gasteiger partial charge is 0.305 e. The number of nitrogens with one attached hydrogen (secondary N) is 1. The second-order valence-electron chi connectivity index (χ2n) is 5.40. The summed E-state index contributed by atoms with van der Waals surface area (Å²) in [7, 11) is -3.41. The van der Waals surface area contributed by atoms with Crippen LogP contribution in [0, 0.1) is 0 Å². The van der Waals surface area contributed by atoms with Crippen LogP contribution >= 0.6 is 0 Å². The molecule has 2 aromatic rings. The lowest BCUT2D eigenvalue weighted by Gasteiger charge is -2.13. The Hall–Kier alpha value is -2.67. The Morgan fingerprint density at radius 1 is 1.17 bits per heavy atom. The Morgan fingerprint density at radius 2 is 1.83 bits per heavy atom. The number of amides is 1. The van der Waals surface area contributed by atoms with Crippen molar-refractivity contribution in [1.29, 1.82) is 0 Å². The fraction of sp³-hybridized carbons (Fsp3) is 0.176. The molecule has 0 spiro atoms. The number of benzene rings is 2. The summed E-state index contributed by atoms with van der Waals surface area (Å²) in [6.45, 7) is 0. The molecule has 1 atom stereocenters. The SMILES string of the molecule is CS(=O)(=O)C=C[C@H](CC(=O)O)NC(=O)c1ccc2ccccc2c1. The summed E-state index contributed by atoms with van der Waals surface area (Å²) in [5, 5.41) is 14.2. The van der Waals surface area contributed by atoms with Crippen molar-refractivity contribution in [2.75, 3.05) is 6.26 Å². The van der Waals surface area contributed by atoms with E-state index in [0.717, 1.165) is 22.4 Å². The average molecular weight is 347 g/mol. The first-order valence-corrected chi connectivity index (χ1v) is 9.10. The fourth-order valence-electron chi connectivity index (χ4n) is 2.18. The van der Waals surface area contributed by atoms with Crippen LogP contribution in [-0.2, 0) is 14.6 Å². The van der Waals surface area contributed by atoms with Gasteiger partial charge in [-0.05, 0) is 22.9 Å². The van der Waals surface area contributed by atoms with Crippen molar-refractivity contribution in [2.45, 2.75) is 12.5 Å². The van der Waals surface area contributed by atoms with Crippen LogP contribution in [-0.4, -0.2) is 37.7 Å². The number of carbonyl (C=O) groups excluding carboxylic acids is 1. The van der Waals surface area contributed by atoms with Crippen LogP contribution in [0.2, 0.25) is 0 Å². The highest BCUT2D eigenvalue weighted by atomic mass is 32.2. The molecule has 0 heterocycles. The van der Waals surface area contributed by atoms with E-state index in [-0.39, 0.29) is 0 Å². The number of fused-ring (bicyclic) bond motifs is 1. The zero-order valence-electron chi connectivity index (χ0n) is 13.0. The molecule has 2 rings (SSSR count). The number of sulfone groups is 1. The van der Waals surface area contributed by atoms with E-state index in [4.69, 9.17) is 5.11 Å². The third kappa shape index (κ3) is 5.20. The molecule has 0 fully saturated rings. The molecule has 24 heavy (non-hydrogen) atoms. The highest BCUT2D eigenvalue weighted by molar-refractivity contribution is 7.93. The quantitative estimate of drug-likeness (QED) is 0.832. The lowest BCUT2D eigenvalue weighted by atomic mass is 10.1. The second-order valence-corrected chi connectivity index (χ2v) is 7.33. The van der Waals surface area contributed by atoms with E-state index in [1.807, 2.05) is 24.3 Å². The molecular formula is C17H17NO5S. The molecule has 0 saturated carbocycles. The maximum absolute atomic E-state index is 12.3. The Kier molecular flexibility index (Phi) is 5.35. The number of rotatable bonds is 6. The summed E-state index contributed by atoms with van der Waals surface area (Å²) in [6, 6.07) is 11.7. The predicted octanol–water partition coefficient (Wildman–Crippen LogP) is 1.97. The highest BCUT2D eigenvalue weighted by Gasteiger charge is 2.15. The molecule has 0 aromatic heterocycles. The second kappa shape index (κ2) is 7.27. The number of hydrogen-bond donors (Lipinski definition) is 2. The molecule has 0 bridgehead atoms. The maximum atomic E-state index is 12.3. The zero-order valence-corrected chi connectivity index (χ0v) is 13.8. The van der Waals surface area contributed by atoms with Crippen LogP contribution in [0.4, 0.5) is 0 Å². The summed E-state index contributed by atoms with van der Waals surface area (Å²) >= 11 is 0. The number of carbonyl (C=O) groups is 2. The monoisotopic (exact) mass is 347 g/mol. The summed E-state index contributed by atoms with van der Waals surface area (Å²) < 4.78 is 22.4. The lowest BCUT2D eigenvalue weighted by Crippen LogP contribution is -2.35. The Morgan fingerprint density at radius 3 is 2.46 bits per heavy atom. The van der Waals surface area contributed by atoms with E-state index in [9.17, 15) is 18.0 Å². The summed E-state index contributed by atoms with van der Waals surface area (Å²) in [5.41, 5.74) is 0.372. The highest BCUT2D eigenvalue weighted by Crippen LogP contribution is 2.15. The molecule has 6 nitrogen and oxygen atoms in total. The molecule has 0 aliphatic rings. The summed E-state index contributed by atoms with van der Waals surface area (Å²) in [5.74, 6) is -1.61. The number of carboxylic acids is 1. The molecule has 0 aliphatic heterocycles. The van der Waals surface area contributed by atoms with E-state index in [1.54, 1.807) is 18.2 Å². The molecule has 0 aliphatic carbocycles. The maximum Gasteiger partial charge on any atom is 0.305 e. The van der Waals surface area contributed by atoms with Crippen molar-refractivity contribution in [3.05, 3.63) is 59.5 Å². The van der Waals surface area contributed by atoms with Gasteiger partial charge in [0.25, 0.3) is 5.91 Å². The van der Waals surface area contributed by atoms with Crippen LogP contribution in [0.5, 0.6) is 0 Å². The minimum Gasteiger partial charge on any atom is -0.481 e. The van der Waals surface area contributed by atoms with Gasteiger partial charge < -0.3 is 10.4 Å². The normalized spacial score (nSPS) is 13.0. The third-order valence-electron chi connectivity index (χ3n) is 3.28. The van der Waals surface area contributed by atoms with Crippen molar-refractivity contribution in [3.63, 3.8) is 0 Å². The van der Waals surface area contributed by atoms with Gasteiger partial charge in [-0.1, -0.05) is 36.4 Å². The van der Waals surface area contributed by atoms with Gasteiger partial charge in [0, 0.05) is 17.2 Å². The molecule has 126 valence electrons. The van der Waals surface area contributed by atoms with E-state index in [2.05, 4.69) is 5.32 Å². The molecule has 0 unspecified atom stereocenters. The first-order chi connectivity index (χ1) is 11.2. The van der Waals surface area contributed by atoms with Crippen LogP contribution in [0.3, 0.4) is 0 Å². The fourth-order valence-corrected chi connectivity index (χ4v) is 2.65. The van der Waals surface area contributed by atoms with Crippen molar-refractivity contribution < 1.29 is 23.1 Å². The Labute approximate surface area is 139 Å². The Balaban J connectivity index is 2.21. The minimum atomic E-state index is -3.41. The van der Waals surface area contributed by atoms with Crippen LogP contribution in [0.15, 0.2) is 53.9 Å². The molecule has 0 radical (unpaired) electrons. The van der Waals surface area contributed by atoms with E-state index in [0.29, 0.717) is 5.56 Å². The minimum absolute atomic E-state index is 0.372. The number of carboxylic acid groups (broad SMARTS) is 1. The topological polar surface area (TPSA) is 101 Å². The molecule has 2 N–H and O–H groups in total. The van der Waals surface area contributed by atoms with Gasteiger partial charge in [-0.25, -0.2) is 8.42 Å². The molecule has 7 heteroatoms. The van der Waals surface area contributed by atoms with Crippen LogP contribution < -0.4 is 5.32 Å². The standard InChI is InChI=1S/C17H17NO5S/c1-24(22,23)9-8-15(11-16(19)20)18-17(21)14-7-6-12-4-2-3-5-13(12)10-14/h2-10,15H,11H2,1H3,(H,18,21)(H,19,20)/t15-/m1/s1. The molecule has 2 aromatic carbocycles. The zero-order chi connectivity index (χ0) is 17.7. The van der Waals surface area contributed by atoms with Gasteiger partial charge in [0.1, 0.15) is 0 Å². The first-order valence-electron chi connectivity index (χ1n) is 7.14. The number of hydrogen-bond acceptors (Lipinski definition) is 4. The summed E-state index contributed by atoms with van der Waals surface area (Å²) in [4.78, 5) is 23.2. The van der Waals surface area contributed by atoms with Gasteiger partial charge in [-0.3, -0.25) is 9.59 Å². The predicted molar refractivity (Wildman–Crippen MR) is 91.4 cm³/mol. The lowest BCUT2D eigenvalue weighted by molar-refractivity contribution is -0.137. The first kappa shape index (κ1) is 17.7.